The molecule has 3 heterocycles. The van der Waals surface area contributed by atoms with E-state index in [-0.39, 0.29) is 18.7 Å². The molecule has 0 bridgehead atoms. The van der Waals surface area contributed by atoms with E-state index < -0.39 is 41.7 Å². The average molecular weight is 515 g/mol. The number of carbonyl (C=O) groups excluding carboxylic acids is 3. The minimum atomic E-state index is -0.940. The molecule has 38 heavy (non-hydrogen) atoms. The number of cyclic esters (lactones) is 1. The highest BCUT2D eigenvalue weighted by molar-refractivity contribution is 6.01. The summed E-state index contributed by atoms with van der Waals surface area (Å²) in [6, 6.07) is 17.1. The zero-order valence-corrected chi connectivity index (χ0v) is 20.4. The van der Waals surface area contributed by atoms with E-state index in [0.717, 1.165) is 11.1 Å². The third kappa shape index (κ3) is 5.70. The molecule has 0 radical (unpaired) electrons. The normalized spacial score (nSPS) is 20.2. The Morgan fingerprint density at radius 3 is 2.58 bits per heavy atom. The summed E-state index contributed by atoms with van der Waals surface area (Å²) < 4.78 is 12.3. The summed E-state index contributed by atoms with van der Waals surface area (Å²) in [5.41, 5.74) is 1.18. The highest BCUT2D eigenvalue weighted by atomic mass is 16.7. The number of aromatic nitrogens is 2. The second-order valence-electron chi connectivity index (χ2n) is 9.03. The number of nitrogens with zero attached hydrogens (tertiary/aromatic N) is 2. The van der Waals surface area contributed by atoms with E-state index in [1.165, 1.54) is 16.8 Å². The average Bonchev–Trinajstić information content (AvgIpc) is 3.52. The monoisotopic (exact) mass is 514 g/mol. The minimum Gasteiger partial charge on any atom is -0.433 e. The molecule has 0 saturated carbocycles. The standard InChI is InChI=1S/C28H26N4O6/c33-24(14-11-18-7-3-1-4-8-18)30-21-16-29-23-13-12-22(32(23)27(21)36)26(35)31-20-15-25(34)38-28(20)37-17-19-9-5-2-6-10-19/h1-11,14,16,20,22,28H,12-13,15,17H2,(H,30,33)(H,31,35)/b14-11+/t20-,22-,28?/m0/s1. The van der Waals surface area contributed by atoms with Crippen LogP contribution in [-0.2, 0) is 36.9 Å². The lowest BCUT2D eigenvalue weighted by atomic mass is 10.1. The van der Waals surface area contributed by atoms with Crippen LogP contribution in [0.25, 0.3) is 6.08 Å². The molecule has 10 heteroatoms. The summed E-state index contributed by atoms with van der Waals surface area (Å²) in [6.45, 7) is 0.211. The third-order valence-electron chi connectivity index (χ3n) is 6.36. The number of anilines is 1. The van der Waals surface area contributed by atoms with E-state index in [1.54, 1.807) is 6.08 Å². The molecular weight excluding hydrogens is 488 g/mol. The molecule has 0 spiro atoms. The molecule has 5 rings (SSSR count). The molecule has 1 saturated heterocycles. The van der Waals surface area contributed by atoms with Crippen molar-refractivity contribution in [2.45, 2.75) is 44.2 Å². The number of esters is 1. The molecule has 3 aromatic rings. The molecular formula is C28H26N4O6. The Morgan fingerprint density at radius 1 is 1.08 bits per heavy atom. The van der Waals surface area contributed by atoms with E-state index in [9.17, 15) is 19.2 Å². The highest BCUT2D eigenvalue weighted by Crippen LogP contribution is 2.25. The fraction of sp³-hybridized carbons (Fsp3) is 0.250. The van der Waals surface area contributed by atoms with Crippen LogP contribution in [0.4, 0.5) is 5.69 Å². The Labute approximate surface area is 218 Å². The van der Waals surface area contributed by atoms with Gasteiger partial charge in [0.1, 0.15) is 23.6 Å². The molecule has 10 nitrogen and oxygen atoms in total. The van der Waals surface area contributed by atoms with E-state index in [1.807, 2.05) is 60.7 Å². The topological polar surface area (TPSA) is 129 Å². The van der Waals surface area contributed by atoms with E-state index in [4.69, 9.17) is 9.47 Å². The Kier molecular flexibility index (Phi) is 7.41. The Bertz CT molecular complexity index is 1420. The number of ether oxygens (including phenoxy) is 2. The van der Waals surface area contributed by atoms with Gasteiger partial charge in [0.2, 0.25) is 18.1 Å². The maximum Gasteiger partial charge on any atom is 0.310 e. The van der Waals surface area contributed by atoms with Gasteiger partial charge in [-0.15, -0.1) is 0 Å². The number of fused-ring (bicyclic) bond motifs is 1. The Morgan fingerprint density at radius 2 is 1.82 bits per heavy atom. The quantitative estimate of drug-likeness (QED) is 0.349. The Balaban J connectivity index is 1.25. The van der Waals surface area contributed by atoms with E-state index in [2.05, 4.69) is 15.6 Å². The fourth-order valence-corrected chi connectivity index (χ4v) is 4.49. The molecule has 2 aliphatic heterocycles. The van der Waals surface area contributed by atoms with Crippen LogP contribution in [0.3, 0.4) is 0 Å². The molecule has 3 atom stereocenters. The van der Waals surface area contributed by atoms with Gasteiger partial charge in [0.25, 0.3) is 5.56 Å². The summed E-state index contributed by atoms with van der Waals surface area (Å²) in [5, 5.41) is 5.36. The largest absolute Gasteiger partial charge is 0.433 e. The van der Waals surface area contributed by atoms with E-state index in [0.29, 0.717) is 18.7 Å². The zero-order valence-electron chi connectivity index (χ0n) is 20.4. The van der Waals surface area contributed by atoms with Crippen molar-refractivity contribution >= 4 is 29.5 Å². The van der Waals surface area contributed by atoms with Gasteiger partial charge in [-0.25, -0.2) is 4.98 Å². The second kappa shape index (κ2) is 11.2. The SMILES string of the molecule is O=C(/C=C/c1ccccc1)Nc1cnc2n(c1=O)[C@H](C(=O)N[C@H]1CC(=O)OC1OCc1ccccc1)CC2. The summed E-state index contributed by atoms with van der Waals surface area (Å²) in [6.07, 6.45) is 4.06. The van der Waals surface area contributed by atoms with Crippen molar-refractivity contribution < 1.29 is 23.9 Å². The smallest absolute Gasteiger partial charge is 0.310 e. The first kappa shape index (κ1) is 25.1. The van der Waals surface area contributed by atoms with Gasteiger partial charge in [0.15, 0.2) is 0 Å². The first-order valence-corrected chi connectivity index (χ1v) is 12.3. The molecule has 194 valence electrons. The van der Waals surface area contributed by atoms with Crippen molar-refractivity contribution in [3.63, 3.8) is 0 Å². The fourth-order valence-electron chi connectivity index (χ4n) is 4.49. The summed E-state index contributed by atoms with van der Waals surface area (Å²) >= 11 is 0. The predicted molar refractivity (Wildman–Crippen MR) is 138 cm³/mol. The first-order valence-electron chi connectivity index (χ1n) is 12.3. The van der Waals surface area contributed by atoms with Crippen LogP contribution in [0, 0.1) is 0 Å². The molecule has 1 aromatic heterocycles. The lowest BCUT2D eigenvalue weighted by Gasteiger charge is -2.22. The zero-order chi connectivity index (χ0) is 26.5. The number of amides is 2. The number of rotatable bonds is 8. The lowest BCUT2D eigenvalue weighted by molar-refractivity contribution is -0.168. The number of carbonyl (C=O) groups is 3. The summed E-state index contributed by atoms with van der Waals surface area (Å²) in [7, 11) is 0. The molecule has 2 aromatic carbocycles. The molecule has 1 unspecified atom stereocenters. The van der Waals surface area contributed by atoms with Gasteiger partial charge in [0.05, 0.1) is 19.2 Å². The van der Waals surface area contributed by atoms with Crippen LogP contribution in [0.15, 0.2) is 77.7 Å². The first-order chi connectivity index (χ1) is 18.5. The number of hydrogen-bond acceptors (Lipinski definition) is 7. The van der Waals surface area contributed by atoms with Crippen molar-refractivity contribution in [3.8, 4) is 0 Å². The highest BCUT2D eigenvalue weighted by Gasteiger charge is 2.39. The molecule has 0 aliphatic carbocycles. The third-order valence-corrected chi connectivity index (χ3v) is 6.36. The summed E-state index contributed by atoms with van der Waals surface area (Å²) in [4.78, 5) is 55.1. The van der Waals surface area contributed by atoms with Crippen molar-refractivity contribution in [3.05, 3.63) is 100 Å². The number of nitrogens with one attached hydrogen (secondary N) is 2. The van der Waals surface area contributed by atoms with Crippen molar-refractivity contribution in [1.29, 1.82) is 0 Å². The van der Waals surface area contributed by atoms with Crippen LogP contribution in [0.5, 0.6) is 0 Å². The second-order valence-corrected chi connectivity index (χ2v) is 9.03. The Hall–Kier alpha value is -4.57. The van der Waals surface area contributed by atoms with Gasteiger partial charge in [-0.3, -0.25) is 23.7 Å². The number of aryl methyl sites for hydroxylation is 1. The summed E-state index contributed by atoms with van der Waals surface area (Å²) in [5.74, 6) is -0.972. The van der Waals surface area contributed by atoms with Crippen LogP contribution in [0.2, 0.25) is 0 Å². The van der Waals surface area contributed by atoms with Gasteiger partial charge >= 0.3 is 5.97 Å². The van der Waals surface area contributed by atoms with Crippen LogP contribution >= 0.6 is 0 Å². The van der Waals surface area contributed by atoms with Gasteiger partial charge < -0.3 is 20.1 Å². The lowest BCUT2D eigenvalue weighted by Crippen LogP contribution is -2.45. The van der Waals surface area contributed by atoms with Gasteiger partial charge in [-0.1, -0.05) is 60.7 Å². The van der Waals surface area contributed by atoms with Gasteiger partial charge in [0, 0.05) is 12.5 Å². The molecule has 1 fully saturated rings. The van der Waals surface area contributed by atoms with Crippen LogP contribution < -0.4 is 16.2 Å². The number of benzene rings is 2. The molecule has 2 aliphatic rings. The molecule has 2 N–H and O–H groups in total. The maximum absolute atomic E-state index is 13.2. The van der Waals surface area contributed by atoms with Gasteiger partial charge in [-0.2, -0.15) is 0 Å². The van der Waals surface area contributed by atoms with Crippen molar-refractivity contribution in [2.24, 2.45) is 0 Å². The van der Waals surface area contributed by atoms with Gasteiger partial charge in [-0.05, 0) is 23.6 Å². The van der Waals surface area contributed by atoms with E-state index >= 15 is 0 Å². The van der Waals surface area contributed by atoms with Crippen molar-refractivity contribution in [2.75, 3.05) is 5.32 Å². The minimum absolute atomic E-state index is 0.0281. The van der Waals surface area contributed by atoms with Crippen LogP contribution in [0.1, 0.15) is 35.8 Å². The maximum atomic E-state index is 13.2. The number of hydrogen-bond donors (Lipinski definition) is 2. The van der Waals surface area contributed by atoms with Crippen LogP contribution in [-0.4, -0.2) is 39.7 Å². The predicted octanol–water partition coefficient (Wildman–Crippen LogP) is 2.36. The molecule has 2 amide bonds. The van der Waals surface area contributed by atoms with Crippen molar-refractivity contribution in [1.82, 2.24) is 14.9 Å².